The van der Waals surface area contributed by atoms with Gasteiger partial charge in [0.1, 0.15) is 5.82 Å². The Morgan fingerprint density at radius 2 is 2.07 bits per heavy atom. The summed E-state index contributed by atoms with van der Waals surface area (Å²) in [6.45, 7) is 1.29. The van der Waals surface area contributed by atoms with Crippen LogP contribution in [0, 0.1) is 11.7 Å². The zero-order valence-electron chi connectivity index (χ0n) is 15.3. The van der Waals surface area contributed by atoms with Crippen LogP contribution in [0.3, 0.4) is 0 Å². The highest BCUT2D eigenvalue weighted by Crippen LogP contribution is 2.26. The van der Waals surface area contributed by atoms with Gasteiger partial charge in [0.05, 0.1) is 37.4 Å². The molecule has 2 fully saturated rings. The lowest BCUT2D eigenvalue weighted by molar-refractivity contribution is -0.137. The van der Waals surface area contributed by atoms with Gasteiger partial charge in [-0.15, -0.1) is 0 Å². The van der Waals surface area contributed by atoms with Crippen molar-refractivity contribution >= 4 is 11.8 Å². The van der Waals surface area contributed by atoms with E-state index in [1.165, 1.54) is 24.3 Å². The number of methoxy groups -OCH3 is 1. The minimum Gasteiger partial charge on any atom is -0.391 e. The molecule has 0 unspecified atom stereocenters. The number of ether oxygens (including phenoxy) is 2. The standard InChI is InChI=1S/C19H25FN2O5/c1-26-11-15-7-16(23)9-22(15)19(25)13-6-17(27-10-13)8-21-18(24)12-2-4-14(20)5-3-12/h2-5,13,15-17,23H,6-11H2,1H3,(H,21,24)/t13-,15-,16+,17-/m0/s1. The van der Waals surface area contributed by atoms with Crippen LogP contribution in [0.25, 0.3) is 0 Å². The summed E-state index contributed by atoms with van der Waals surface area (Å²) in [6, 6.07) is 5.19. The number of hydrogen-bond donors (Lipinski definition) is 2. The van der Waals surface area contributed by atoms with E-state index in [0.29, 0.717) is 38.2 Å². The van der Waals surface area contributed by atoms with Crippen LogP contribution in [0.1, 0.15) is 23.2 Å². The summed E-state index contributed by atoms with van der Waals surface area (Å²) in [5.74, 6) is -1.04. The maximum Gasteiger partial charge on any atom is 0.251 e. The van der Waals surface area contributed by atoms with E-state index < -0.39 is 11.9 Å². The molecule has 2 aliphatic heterocycles. The second kappa shape index (κ2) is 8.77. The first-order chi connectivity index (χ1) is 13.0. The first-order valence-electron chi connectivity index (χ1n) is 9.10. The maximum atomic E-state index is 12.9. The number of aliphatic hydroxyl groups is 1. The van der Waals surface area contributed by atoms with Crippen molar-refractivity contribution in [3.8, 4) is 0 Å². The highest BCUT2D eigenvalue weighted by Gasteiger charge is 2.40. The Balaban J connectivity index is 1.48. The summed E-state index contributed by atoms with van der Waals surface area (Å²) in [6.07, 6.45) is 0.248. The van der Waals surface area contributed by atoms with Gasteiger partial charge in [-0.1, -0.05) is 0 Å². The molecule has 0 spiro atoms. The van der Waals surface area contributed by atoms with Crippen molar-refractivity contribution in [3.63, 3.8) is 0 Å². The van der Waals surface area contributed by atoms with Gasteiger partial charge in [-0.25, -0.2) is 4.39 Å². The molecule has 1 aromatic rings. The molecule has 148 valence electrons. The Bertz CT molecular complexity index is 669. The number of likely N-dealkylation sites (tertiary alicyclic amines) is 1. The molecule has 0 bridgehead atoms. The fourth-order valence-corrected chi connectivity index (χ4v) is 3.68. The molecule has 2 heterocycles. The number of carbonyl (C=O) groups excluding carboxylic acids is 2. The molecule has 2 N–H and O–H groups in total. The molecular formula is C19H25FN2O5. The van der Waals surface area contributed by atoms with Gasteiger partial charge in [-0.3, -0.25) is 9.59 Å². The van der Waals surface area contributed by atoms with E-state index in [-0.39, 0.29) is 36.4 Å². The average molecular weight is 380 g/mol. The fraction of sp³-hybridized carbons (Fsp3) is 0.579. The zero-order valence-corrected chi connectivity index (χ0v) is 15.3. The number of hydrogen-bond acceptors (Lipinski definition) is 5. The van der Waals surface area contributed by atoms with Gasteiger partial charge in [-0.05, 0) is 37.1 Å². The number of carbonyl (C=O) groups is 2. The topological polar surface area (TPSA) is 88.1 Å². The van der Waals surface area contributed by atoms with Gasteiger partial charge < -0.3 is 24.8 Å². The Labute approximate surface area is 157 Å². The van der Waals surface area contributed by atoms with Crippen LogP contribution in [0.5, 0.6) is 0 Å². The lowest BCUT2D eigenvalue weighted by Gasteiger charge is -2.26. The third kappa shape index (κ3) is 4.82. The van der Waals surface area contributed by atoms with Crippen molar-refractivity contribution in [2.75, 3.05) is 33.4 Å². The number of rotatable bonds is 6. The van der Waals surface area contributed by atoms with Crippen LogP contribution in [0.15, 0.2) is 24.3 Å². The fourth-order valence-electron chi connectivity index (χ4n) is 3.68. The molecule has 0 aromatic heterocycles. The van der Waals surface area contributed by atoms with Crippen molar-refractivity contribution in [2.45, 2.75) is 31.1 Å². The van der Waals surface area contributed by atoms with Crippen molar-refractivity contribution in [1.29, 1.82) is 0 Å². The number of β-amino-alcohol motifs (C(OH)–C–C–N with tert-alkyl or cyclic N) is 1. The summed E-state index contributed by atoms with van der Waals surface area (Å²) in [5, 5.41) is 12.6. The highest BCUT2D eigenvalue weighted by molar-refractivity contribution is 5.94. The second-order valence-electron chi connectivity index (χ2n) is 7.09. The molecule has 7 nitrogen and oxygen atoms in total. The van der Waals surface area contributed by atoms with Crippen molar-refractivity contribution in [3.05, 3.63) is 35.6 Å². The van der Waals surface area contributed by atoms with Crippen molar-refractivity contribution in [2.24, 2.45) is 5.92 Å². The monoisotopic (exact) mass is 380 g/mol. The third-order valence-corrected chi connectivity index (χ3v) is 5.06. The molecule has 2 saturated heterocycles. The number of nitrogens with zero attached hydrogens (tertiary/aromatic N) is 1. The quantitative estimate of drug-likeness (QED) is 0.753. The second-order valence-corrected chi connectivity index (χ2v) is 7.09. The minimum atomic E-state index is -0.526. The molecule has 0 aliphatic carbocycles. The largest absolute Gasteiger partial charge is 0.391 e. The van der Waals surface area contributed by atoms with Gasteiger partial charge in [0, 0.05) is 25.8 Å². The lowest BCUT2D eigenvalue weighted by atomic mass is 10.0. The van der Waals surface area contributed by atoms with Gasteiger partial charge in [0.25, 0.3) is 5.91 Å². The molecule has 4 atom stereocenters. The molecule has 0 radical (unpaired) electrons. The Morgan fingerprint density at radius 3 is 2.78 bits per heavy atom. The van der Waals surface area contributed by atoms with Crippen molar-refractivity contribution in [1.82, 2.24) is 10.2 Å². The third-order valence-electron chi connectivity index (χ3n) is 5.06. The summed E-state index contributed by atoms with van der Waals surface area (Å²) < 4.78 is 23.7. The number of halogens is 1. The summed E-state index contributed by atoms with van der Waals surface area (Å²) in [4.78, 5) is 26.5. The van der Waals surface area contributed by atoms with Crippen LogP contribution < -0.4 is 5.32 Å². The molecule has 8 heteroatoms. The molecule has 27 heavy (non-hydrogen) atoms. The van der Waals surface area contributed by atoms with Gasteiger partial charge in [0.2, 0.25) is 5.91 Å². The highest BCUT2D eigenvalue weighted by atomic mass is 19.1. The van der Waals surface area contributed by atoms with Crippen LogP contribution in [-0.2, 0) is 14.3 Å². The van der Waals surface area contributed by atoms with Crippen molar-refractivity contribution < 1.29 is 28.6 Å². The van der Waals surface area contributed by atoms with Crippen LogP contribution in [-0.4, -0.2) is 73.5 Å². The van der Waals surface area contributed by atoms with E-state index in [0.717, 1.165) is 0 Å². The number of aliphatic hydroxyl groups excluding tert-OH is 1. The predicted molar refractivity (Wildman–Crippen MR) is 94.6 cm³/mol. The smallest absolute Gasteiger partial charge is 0.251 e. The SMILES string of the molecule is COC[C@@H]1C[C@@H](O)CN1C(=O)[C@@H]1CO[C@H](CNC(=O)c2ccc(F)cc2)C1. The van der Waals surface area contributed by atoms with E-state index in [1.807, 2.05) is 0 Å². The van der Waals surface area contributed by atoms with Gasteiger partial charge in [-0.2, -0.15) is 0 Å². The summed E-state index contributed by atoms with van der Waals surface area (Å²) in [5.41, 5.74) is 0.371. The maximum absolute atomic E-state index is 12.9. The van der Waals surface area contributed by atoms with E-state index >= 15 is 0 Å². The predicted octanol–water partition coefficient (Wildman–Crippen LogP) is 0.569. The Morgan fingerprint density at radius 1 is 1.33 bits per heavy atom. The first-order valence-corrected chi connectivity index (χ1v) is 9.10. The Kier molecular flexibility index (Phi) is 6.41. The van der Waals surface area contributed by atoms with E-state index in [4.69, 9.17) is 9.47 Å². The van der Waals surface area contributed by atoms with E-state index in [9.17, 15) is 19.1 Å². The molecule has 3 rings (SSSR count). The van der Waals surface area contributed by atoms with Crippen LogP contribution >= 0.6 is 0 Å². The normalized spacial score (nSPS) is 27.7. The summed E-state index contributed by atoms with van der Waals surface area (Å²) in [7, 11) is 1.58. The first kappa shape index (κ1) is 19.7. The van der Waals surface area contributed by atoms with Crippen LogP contribution in [0.2, 0.25) is 0 Å². The molecular weight excluding hydrogens is 355 g/mol. The van der Waals surface area contributed by atoms with Gasteiger partial charge >= 0.3 is 0 Å². The number of benzene rings is 1. The average Bonchev–Trinajstić information content (AvgIpc) is 3.27. The molecule has 0 saturated carbocycles. The molecule has 2 amide bonds. The molecule has 1 aromatic carbocycles. The van der Waals surface area contributed by atoms with Gasteiger partial charge in [0.15, 0.2) is 0 Å². The lowest BCUT2D eigenvalue weighted by Crippen LogP contribution is -2.42. The minimum absolute atomic E-state index is 0.0408. The Hall–Kier alpha value is -2.03. The van der Waals surface area contributed by atoms with E-state index in [1.54, 1.807) is 12.0 Å². The zero-order chi connectivity index (χ0) is 19.4. The molecule has 2 aliphatic rings. The number of amides is 2. The summed E-state index contributed by atoms with van der Waals surface area (Å²) >= 11 is 0. The van der Waals surface area contributed by atoms with Crippen LogP contribution in [0.4, 0.5) is 4.39 Å². The van der Waals surface area contributed by atoms with E-state index in [2.05, 4.69) is 5.32 Å². The number of nitrogens with one attached hydrogen (secondary N) is 1.